The number of aromatic nitrogens is 2. The summed E-state index contributed by atoms with van der Waals surface area (Å²) in [6.07, 6.45) is 5.77. The van der Waals surface area contributed by atoms with Crippen molar-refractivity contribution in [1.82, 2.24) is 15.3 Å². The van der Waals surface area contributed by atoms with E-state index in [1.54, 1.807) is 12.4 Å². The molecule has 18 heavy (non-hydrogen) atoms. The van der Waals surface area contributed by atoms with Crippen LogP contribution in [0.25, 0.3) is 0 Å². The Labute approximate surface area is 108 Å². The monoisotopic (exact) mass is 251 g/mol. The average molecular weight is 251 g/mol. The molecule has 1 aromatic rings. The van der Waals surface area contributed by atoms with E-state index < -0.39 is 0 Å². The minimum Gasteiger partial charge on any atom is -0.474 e. The molecule has 0 unspecified atom stereocenters. The summed E-state index contributed by atoms with van der Waals surface area (Å²) in [6, 6.07) is 0. The van der Waals surface area contributed by atoms with Gasteiger partial charge in [0, 0.05) is 0 Å². The van der Waals surface area contributed by atoms with Gasteiger partial charge in [0.25, 0.3) is 0 Å². The van der Waals surface area contributed by atoms with Crippen LogP contribution in [-0.4, -0.2) is 35.8 Å². The quantitative estimate of drug-likeness (QED) is 0.833. The highest BCUT2D eigenvalue weighted by molar-refractivity contribution is 5.13. The average Bonchev–Trinajstić information content (AvgIpc) is 2.26. The zero-order valence-electron chi connectivity index (χ0n) is 11.2. The van der Waals surface area contributed by atoms with Gasteiger partial charge in [0.15, 0.2) is 0 Å². The molecule has 1 aliphatic rings. The van der Waals surface area contributed by atoms with E-state index in [4.69, 9.17) is 9.47 Å². The van der Waals surface area contributed by atoms with Gasteiger partial charge in [0.1, 0.15) is 6.10 Å². The van der Waals surface area contributed by atoms with Gasteiger partial charge < -0.3 is 14.8 Å². The van der Waals surface area contributed by atoms with Gasteiger partial charge in [0.05, 0.1) is 18.5 Å². The van der Waals surface area contributed by atoms with Crippen molar-refractivity contribution in [2.24, 2.45) is 5.92 Å². The number of nitrogens with one attached hydrogen (secondary N) is 1. The van der Waals surface area contributed by atoms with E-state index in [2.05, 4.69) is 15.3 Å². The molecule has 0 spiro atoms. The van der Waals surface area contributed by atoms with Crippen LogP contribution in [0.4, 0.5) is 0 Å². The number of hydrogen-bond donors (Lipinski definition) is 1. The van der Waals surface area contributed by atoms with Crippen molar-refractivity contribution < 1.29 is 9.47 Å². The molecule has 1 aromatic heterocycles. The van der Waals surface area contributed by atoms with E-state index >= 15 is 0 Å². The lowest BCUT2D eigenvalue weighted by atomic mass is 9.82. The van der Waals surface area contributed by atoms with Gasteiger partial charge >= 0.3 is 0 Å². The standard InChI is InChI=1S/C13H21N3O2/c1-9(2)17-12-7-15-8-13(16-12)18-11-4-10(5-11)6-14-3/h7-11,14H,4-6H2,1-3H3. The van der Waals surface area contributed by atoms with Crippen LogP contribution in [0.15, 0.2) is 12.4 Å². The molecule has 5 heteroatoms. The van der Waals surface area contributed by atoms with Gasteiger partial charge in [-0.1, -0.05) is 0 Å². The molecule has 2 rings (SSSR count). The van der Waals surface area contributed by atoms with Crippen LogP contribution in [0.3, 0.4) is 0 Å². The van der Waals surface area contributed by atoms with E-state index in [0.717, 1.165) is 25.3 Å². The highest BCUT2D eigenvalue weighted by atomic mass is 16.5. The Balaban J connectivity index is 1.83. The van der Waals surface area contributed by atoms with Crippen molar-refractivity contribution in [3.8, 4) is 11.8 Å². The van der Waals surface area contributed by atoms with Crippen molar-refractivity contribution in [2.75, 3.05) is 13.6 Å². The topological polar surface area (TPSA) is 56.3 Å². The molecule has 5 nitrogen and oxygen atoms in total. The molecule has 0 aromatic carbocycles. The highest BCUT2D eigenvalue weighted by Gasteiger charge is 2.30. The van der Waals surface area contributed by atoms with Crippen LogP contribution in [0, 0.1) is 5.92 Å². The van der Waals surface area contributed by atoms with Crippen molar-refractivity contribution in [3.05, 3.63) is 12.4 Å². The fourth-order valence-corrected chi connectivity index (χ4v) is 2.08. The van der Waals surface area contributed by atoms with Crippen molar-refractivity contribution >= 4 is 0 Å². The molecule has 0 aliphatic heterocycles. The van der Waals surface area contributed by atoms with Gasteiger partial charge in [-0.3, -0.25) is 4.98 Å². The molecule has 0 bridgehead atoms. The van der Waals surface area contributed by atoms with Crippen molar-refractivity contribution in [2.45, 2.75) is 38.9 Å². The minimum atomic E-state index is 0.0956. The summed E-state index contributed by atoms with van der Waals surface area (Å²) in [4.78, 5) is 8.36. The Morgan fingerprint density at radius 1 is 1.33 bits per heavy atom. The first-order valence-electron chi connectivity index (χ1n) is 6.47. The third kappa shape index (κ3) is 3.57. The van der Waals surface area contributed by atoms with Gasteiger partial charge in [-0.15, -0.1) is 0 Å². The third-order valence-electron chi connectivity index (χ3n) is 2.92. The molecule has 1 saturated carbocycles. The molecule has 1 N–H and O–H groups in total. The molecule has 0 saturated heterocycles. The second-order valence-electron chi connectivity index (χ2n) is 5.00. The van der Waals surface area contributed by atoms with Crippen LogP contribution in [0.5, 0.6) is 11.8 Å². The number of nitrogens with zero attached hydrogens (tertiary/aromatic N) is 2. The van der Waals surface area contributed by atoms with Gasteiger partial charge in [-0.05, 0) is 46.2 Å². The number of hydrogen-bond acceptors (Lipinski definition) is 5. The fourth-order valence-electron chi connectivity index (χ4n) is 2.08. The summed E-state index contributed by atoms with van der Waals surface area (Å²) in [5.74, 6) is 1.80. The lowest BCUT2D eigenvalue weighted by Gasteiger charge is -2.34. The van der Waals surface area contributed by atoms with Crippen LogP contribution in [0.2, 0.25) is 0 Å². The maximum atomic E-state index is 5.77. The highest BCUT2D eigenvalue weighted by Crippen LogP contribution is 2.30. The van der Waals surface area contributed by atoms with E-state index in [1.807, 2.05) is 20.9 Å². The van der Waals surface area contributed by atoms with Gasteiger partial charge in [-0.2, -0.15) is 4.98 Å². The summed E-state index contributed by atoms with van der Waals surface area (Å²) in [7, 11) is 1.98. The number of ether oxygens (including phenoxy) is 2. The Bertz CT molecular complexity index is 378. The molecule has 0 atom stereocenters. The largest absolute Gasteiger partial charge is 0.474 e. The molecule has 100 valence electrons. The summed E-state index contributed by atoms with van der Waals surface area (Å²) in [5.41, 5.74) is 0. The van der Waals surface area contributed by atoms with Crippen LogP contribution in [-0.2, 0) is 0 Å². The Morgan fingerprint density at radius 2 is 2.06 bits per heavy atom. The number of rotatable bonds is 6. The molecule has 1 heterocycles. The van der Waals surface area contributed by atoms with Crippen LogP contribution < -0.4 is 14.8 Å². The van der Waals surface area contributed by atoms with Gasteiger partial charge in [0.2, 0.25) is 11.8 Å². The summed E-state index contributed by atoms with van der Waals surface area (Å²) >= 11 is 0. The predicted molar refractivity (Wildman–Crippen MR) is 68.9 cm³/mol. The molecule has 0 amide bonds. The smallest absolute Gasteiger partial charge is 0.235 e. The van der Waals surface area contributed by atoms with E-state index in [0.29, 0.717) is 11.8 Å². The lowest BCUT2D eigenvalue weighted by Crippen LogP contribution is -2.38. The lowest BCUT2D eigenvalue weighted by molar-refractivity contribution is 0.0603. The normalized spacial score (nSPS) is 22.7. The van der Waals surface area contributed by atoms with Crippen molar-refractivity contribution in [3.63, 3.8) is 0 Å². The molecule has 1 aliphatic carbocycles. The minimum absolute atomic E-state index is 0.0956. The summed E-state index contributed by atoms with van der Waals surface area (Å²) in [6.45, 7) is 4.98. The second kappa shape index (κ2) is 6.00. The SMILES string of the molecule is CNCC1CC(Oc2cncc(OC(C)C)n2)C1. The van der Waals surface area contributed by atoms with Crippen LogP contribution >= 0.6 is 0 Å². The zero-order valence-corrected chi connectivity index (χ0v) is 11.2. The first-order chi connectivity index (χ1) is 8.67. The van der Waals surface area contributed by atoms with E-state index in [1.165, 1.54) is 0 Å². The van der Waals surface area contributed by atoms with E-state index in [-0.39, 0.29) is 12.2 Å². The fraction of sp³-hybridized carbons (Fsp3) is 0.692. The first-order valence-corrected chi connectivity index (χ1v) is 6.47. The maximum Gasteiger partial charge on any atom is 0.235 e. The van der Waals surface area contributed by atoms with Gasteiger partial charge in [-0.25, -0.2) is 0 Å². The maximum absolute atomic E-state index is 5.77. The zero-order chi connectivity index (χ0) is 13.0. The molecule has 1 fully saturated rings. The summed E-state index contributed by atoms with van der Waals surface area (Å²) in [5, 5.41) is 3.18. The Kier molecular flexibility index (Phi) is 4.36. The third-order valence-corrected chi connectivity index (χ3v) is 2.92. The van der Waals surface area contributed by atoms with Crippen molar-refractivity contribution in [1.29, 1.82) is 0 Å². The summed E-state index contributed by atoms with van der Waals surface area (Å²) < 4.78 is 11.3. The van der Waals surface area contributed by atoms with Crippen LogP contribution in [0.1, 0.15) is 26.7 Å². The molecular formula is C13H21N3O2. The van der Waals surface area contributed by atoms with E-state index in [9.17, 15) is 0 Å². The first kappa shape index (κ1) is 13.1. The Hall–Kier alpha value is -1.36. The Morgan fingerprint density at radius 3 is 2.72 bits per heavy atom. The second-order valence-corrected chi connectivity index (χ2v) is 5.00. The molecular weight excluding hydrogens is 230 g/mol. The predicted octanol–water partition coefficient (Wildman–Crippen LogP) is 1.64. The molecule has 0 radical (unpaired) electrons.